The first-order chi connectivity index (χ1) is 8.75. The van der Waals surface area contributed by atoms with E-state index >= 15 is 0 Å². The lowest BCUT2D eigenvalue weighted by atomic mass is 10.3. The molecule has 1 amide bonds. The van der Waals surface area contributed by atoms with E-state index in [1.165, 1.54) is 0 Å². The van der Waals surface area contributed by atoms with E-state index in [0.29, 0.717) is 5.75 Å². The third-order valence-electron chi connectivity index (χ3n) is 2.44. The summed E-state index contributed by atoms with van der Waals surface area (Å²) in [6, 6.07) is 9.47. The highest BCUT2D eigenvalue weighted by atomic mass is 32.2. The van der Waals surface area contributed by atoms with Crippen molar-refractivity contribution in [2.24, 2.45) is 7.05 Å². The highest BCUT2D eigenvalue weighted by molar-refractivity contribution is 7.99. The molecular weight excluding hydrogens is 246 g/mol. The normalized spacial score (nSPS) is 10.3. The van der Waals surface area contributed by atoms with E-state index in [-0.39, 0.29) is 5.91 Å². The Labute approximate surface area is 110 Å². The summed E-state index contributed by atoms with van der Waals surface area (Å²) in [6.07, 6.45) is 3.67. The summed E-state index contributed by atoms with van der Waals surface area (Å²) in [4.78, 5) is 15.9. The van der Waals surface area contributed by atoms with Crippen molar-refractivity contribution in [2.75, 3.05) is 11.1 Å². The lowest BCUT2D eigenvalue weighted by molar-refractivity contribution is -0.113. The third kappa shape index (κ3) is 3.63. The van der Waals surface area contributed by atoms with E-state index in [0.717, 1.165) is 17.3 Å². The summed E-state index contributed by atoms with van der Waals surface area (Å²) in [5.74, 6) is 2.17. The van der Waals surface area contributed by atoms with Gasteiger partial charge in [0.05, 0.1) is 11.5 Å². The number of carbonyl (C=O) groups is 1. The minimum Gasteiger partial charge on any atom is -0.337 e. The van der Waals surface area contributed by atoms with Crippen LogP contribution in [0.25, 0.3) is 0 Å². The van der Waals surface area contributed by atoms with Crippen LogP contribution in [-0.4, -0.2) is 21.2 Å². The lowest BCUT2D eigenvalue weighted by Gasteiger charge is -2.05. The molecule has 0 unspecified atom stereocenters. The van der Waals surface area contributed by atoms with Gasteiger partial charge in [0.2, 0.25) is 5.91 Å². The van der Waals surface area contributed by atoms with Gasteiger partial charge in [-0.1, -0.05) is 18.2 Å². The number of carbonyl (C=O) groups excluding carboxylic acids is 1. The van der Waals surface area contributed by atoms with Gasteiger partial charge < -0.3 is 9.88 Å². The molecule has 0 saturated carbocycles. The van der Waals surface area contributed by atoms with Crippen molar-refractivity contribution in [1.82, 2.24) is 9.55 Å². The van der Waals surface area contributed by atoms with Crippen LogP contribution in [0.3, 0.4) is 0 Å². The number of para-hydroxylation sites is 1. The summed E-state index contributed by atoms with van der Waals surface area (Å²) in [5.41, 5.74) is 0.833. The SMILES string of the molecule is Cn1ccnc1CSCC(=O)Nc1ccccc1. The zero-order valence-corrected chi connectivity index (χ0v) is 11.0. The van der Waals surface area contributed by atoms with E-state index < -0.39 is 0 Å². The minimum atomic E-state index is 0.0143. The summed E-state index contributed by atoms with van der Waals surface area (Å²) in [5, 5.41) is 2.85. The Bertz CT molecular complexity index is 510. The molecule has 0 saturated heterocycles. The fourth-order valence-electron chi connectivity index (χ4n) is 1.49. The maximum atomic E-state index is 11.7. The highest BCUT2D eigenvalue weighted by Gasteiger charge is 2.04. The molecule has 2 aromatic rings. The van der Waals surface area contributed by atoms with E-state index in [9.17, 15) is 4.79 Å². The minimum absolute atomic E-state index is 0.0143. The predicted octanol–water partition coefficient (Wildman–Crippen LogP) is 2.29. The highest BCUT2D eigenvalue weighted by Crippen LogP contribution is 2.11. The van der Waals surface area contributed by atoms with Crippen molar-refractivity contribution >= 4 is 23.4 Å². The topological polar surface area (TPSA) is 46.9 Å². The summed E-state index contributed by atoms with van der Waals surface area (Å²) in [7, 11) is 1.95. The Kier molecular flexibility index (Phi) is 4.41. The van der Waals surface area contributed by atoms with Crippen molar-refractivity contribution in [3.8, 4) is 0 Å². The number of nitrogens with one attached hydrogen (secondary N) is 1. The average Bonchev–Trinajstić information content (AvgIpc) is 2.76. The first kappa shape index (κ1) is 12.7. The van der Waals surface area contributed by atoms with Gasteiger partial charge >= 0.3 is 0 Å². The van der Waals surface area contributed by atoms with Crippen molar-refractivity contribution < 1.29 is 4.79 Å². The largest absolute Gasteiger partial charge is 0.337 e. The molecule has 0 aliphatic heterocycles. The number of aromatic nitrogens is 2. The fourth-order valence-corrected chi connectivity index (χ4v) is 2.31. The van der Waals surface area contributed by atoms with Gasteiger partial charge in [0, 0.05) is 25.1 Å². The number of thioether (sulfide) groups is 1. The Hall–Kier alpha value is -1.75. The molecule has 4 nitrogen and oxygen atoms in total. The Morgan fingerprint density at radius 2 is 2.17 bits per heavy atom. The van der Waals surface area contributed by atoms with Crippen LogP contribution >= 0.6 is 11.8 Å². The van der Waals surface area contributed by atoms with Crippen molar-refractivity contribution in [3.63, 3.8) is 0 Å². The number of amides is 1. The zero-order chi connectivity index (χ0) is 12.8. The van der Waals surface area contributed by atoms with Crippen LogP contribution in [0.5, 0.6) is 0 Å². The second-order valence-electron chi connectivity index (χ2n) is 3.86. The van der Waals surface area contributed by atoms with Gasteiger partial charge in [0.25, 0.3) is 0 Å². The Morgan fingerprint density at radius 1 is 1.39 bits per heavy atom. The van der Waals surface area contributed by atoms with Gasteiger partial charge in [-0.2, -0.15) is 0 Å². The van der Waals surface area contributed by atoms with E-state index in [1.807, 2.05) is 48.1 Å². The van der Waals surface area contributed by atoms with Crippen LogP contribution in [0.15, 0.2) is 42.7 Å². The number of hydrogen-bond acceptors (Lipinski definition) is 3. The molecule has 0 radical (unpaired) electrons. The van der Waals surface area contributed by atoms with Gasteiger partial charge in [0.15, 0.2) is 0 Å². The van der Waals surface area contributed by atoms with Crippen LogP contribution in [-0.2, 0) is 17.6 Å². The molecule has 1 aromatic heterocycles. The number of imidazole rings is 1. The van der Waals surface area contributed by atoms with E-state index in [1.54, 1.807) is 18.0 Å². The molecule has 2 rings (SSSR count). The molecule has 1 heterocycles. The van der Waals surface area contributed by atoms with Gasteiger partial charge in [0.1, 0.15) is 5.82 Å². The number of aryl methyl sites for hydroxylation is 1. The summed E-state index contributed by atoms with van der Waals surface area (Å²) in [6.45, 7) is 0. The molecular formula is C13H15N3OS. The zero-order valence-electron chi connectivity index (χ0n) is 10.2. The van der Waals surface area contributed by atoms with Crippen molar-refractivity contribution in [2.45, 2.75) is 5.75 Å². The van der Waals surface area contributed by atoms with Crippen LogP contribution in [0.4, 0.5) is 5.69 Å². The van der Waals surface area contributed by atoms with Crippen LogP contribution in [0.1, 0.15) is 5.82 Å². The van der Waals surface area contributed by atoms with Crippen LogP contribution in [0, 0.1) is 0 Å². The Morgan fingerprint density at radius 3 is 2.83 bits per heavy atom. The lowest BCUT2D eigenvalue weighted by Crippen LogP contribution is -2.14. The number of rotatable bonds is 5. The Balaban J connectivity index is 1.74. The molecule has 1 N–H and O–H groups in total. The molecule has 0 atom stereocenters. The first-order valence-corrected chi connectivity index (χ1v) is 6.80. The van der Waals surface area contributed by atoms with E-state index in [2.05, 4.69) is 10.3 Å². The predicted molar refractivity (Wildman–Crippen MR) is 74.4 cm³/mol. The summed E-state index contributed by atoms with van der Waals surface area (Å²) >= 11 is 1.56. The van der Waals surface area contributed by atoms with Gasteiger partial charge in [-0.3, -0.25) is 4.79 Å². The molecule has 18 heavy (non-hydrogen) atoms. The molecule has 0 aliphatic carbocycles. The molecule has 0 fully saturated rings. The number of hydrogen-bond donors (Lipinski definition) is 1. The van der Waals surface area contributed by atoms with Crippen molar-refractivity contribution in [3.05, 3.63) is 48.5 Å². The van der Waals surface area contributed by atoms with Crippen LogP contribution in [0.2, 0.25) is 0 Å². The third-order valence-corrected chi connectivity index (χ3v) is 3.37. The smallest absolute Gasteiger partial charge is 0.234 e. The van der Waals surface area contributed by atoms with Gasteiger partial charge in [-0.15, -0.1) is 11.8 Å². The molecule has 1 aromatic carbocycles. The average molecular weight is 261 g/mol. The summed E-state index contributed by atoms with van der Waals surface area (Å²) < 4.78 is 1.96. The molecule has 0 aliphatic rings. The number of nitrogens with zero attached hydrogens (tertiary/aromatic N) is 2. The standard InChI is InChI=1S/C13H15N3OS/c1-16-8-7-14-12(16)9-18-10-13(17)15-11-5-3-2-4-6-11/h2-8H,9-10H2,1H3,(H,15,17). The number of anilines is 1. The molecule has 5 heteroatoms. The molecule has 94 valence electrons. The van der Waals surface area contributed by atoms with Gasteiger partial charge in [-0.25, -0.2) is 4.98 Å². The van der Waals surface area contributed by atoms with Crippen LogP contribution < -0.4 is 5.32 Å². The second kappa shape index (κ2) is 6.26. The monoisotopic (exact) mass is 261 g/mol. The van der Waals surface area contributed by atoms with E-state index in [4.69, 9.17) is 0 Å². The quantitative estimate of drug-likeness (QED) is 0.898. The first-order valence-electron chi connectivity index (χ1n) is 5.64. The van der Waals surface area contributed by atoms with Gasteiger partial charge in [-0.05, 0) is 12.1 Å². The fraction of sp³-hybridized carbons (Fsp3) is 0.231. The molecule has 0 spiro atoms. The molecule has 0 bridgehead atoms. The second-order valence-corrected chi connectivity index (χ2v) is 4.85. The van der Waals surface area contributed by atoms with Crippen molar-refractivity contribution in [1.29, 1.82) is 0 Å². The maximum Gasteiger partial charge on any atom is 0.234 e. The maximum absolute atomic E-state index is 11.7. The number of benzene rings is 1.